The van der Waals surface area contributed by atoms with Gasteiger partial charge >= 0.3 is 17.9 Å². The molecule has 0 aromatic heterocycles. The van der Waals surface area contributed by atoms with E-state index in [0.717, 1.165) is 154 Å². The van der Waals surface area contributed by atoms with Crippen molar-refractivity contribution in [2.24, 2.45) is 0 Å². The van der Waals surface area contributed by atoms with Crippen LogP contribution in [0.1, 0.15) is 239 Å². The average molecular weight is 1090 g/mol. The monoisotopic (exact) mass is 1080 g/mol. The van der Waals surface area contributed by atoms with Crippen molar-refractivity contribution in [3.8, 4) is 0 Å². The standard InChI is InChI=1S/C73H112O6/c1-4-7-10-13-16-19-22-25-27-28-29-30-31-32-33-34-35-36-37-38-39-40-41-42-43-44-46-48-51-54-57-60-63-66-72(75)78-69-70(68-77-71(74)65-62-59-56-53-50-47-24-21-18-15-12-9-6-3)79-73(76)67-64-61-58-55-52-49-45-26-23-20-17-14-11-8-5-2/h7-8,10-12,15-17,19-21,24-27,29-30,32-33,35-36,38-39,41-42,45,52,55,61,64,70H,4-6,9,13-14,18,22-23,28,31,34,37,40,43-44,46-51,53-54,56-60,62-63,65-69H2,1-3H3/b10-7-,11-8-,15-12-,19-16-,20-17-,24-21-,27-25-,30-29-,33-32-,36-35-,39-38-,42-41-,45-26-,55-52-,64-61-. The lowest BCUT2D eigenvalue weighted by molar-refractivity contribution is -0.166. The second kappa shape index (κ2) is 65.0. The molecule has 0 aromatic carbocycles. The highest BCUT2D eigenvalue weighted by molar-refractivity contribution is 5.72. The zero-order valence-electron chi connectivity index (χ0n) is 50.3. The van der Waals surface area contributed by atoms with E-state index in [0.29, 0.717) is 19.3 Å². The van der Waals surface area contributed by atoms with Gasteiger partial charge in [0.05, 0.1) is 6.42 Å². The van der Waals surface area contributed by atoms with E-state index in [1.807, 2.05) is 6.08 Å². The molecule has 0 saturated heterocycles. The van der Waals surface area contributed by atoms with Crippen LogP contribution in [0.5, 0.6) is 0 Å². The first-order valence-electron chi connectivity index (χ1n) is 31.3. The topological polar surface area (TPSA) is 78.9 Å². The number of hydrogen-bond acceptors (Lipinski definition) is 6. The first kappa shape index (κ1) is 73.5. The number of carbonyl (C=O) groups is 3. The zero-order chi connectivity index (χ0) is 57.1. The van der Waals surface area contributed by atoms with Crippen molar-refractivity contribution in [2.75, 3.05) is 13.2 Å². The molecule has 6 heteroatoms. The van der Waals surface area contributed by atoms with Gasteiger partial charge in [-0.25, -0.2) is 0 Å². The van der Waals surface area contributed by atoms with E-state index in [1.54, 1.807) is 6.08 Å². The summed E-state index contributed by atoms with van der Waals surface area (Å²) in [5.74, 6) is -1.10. The van der Waals surface area contributed by atoms with Crippen LogP contribution in [0.15, 0.2) is 182 Å². The van der Waals surface area contributed by atoms with E-state index in [1.165, 1.54) is 38.5 Å². The molecule has 0 aliphatic rings. The molecule has 440 valence electrons. The van der Waals surface area contributed by atoms with Crippen LogP contribution >= 0.6 is 0 Å². The molecular formula is C73H112O6. The van der Waals surface area contributed by atoms with Gasteiger partial charge in [-0.1, -0.05) is 267 Å². The Hall–Kier alpha value is -5.49. The maximum atomic E-state index is 12.8. The van der Waals surface area contributed by atoms with Crippen LogP contribution in [-0.4, -0.2) is 37.2 Å². The number of ether oxygens (including phenoxy) is 3. The molecule has 0 saturated carbocycles. The summed E-state index contributed by atoms with van der Waals surface area (Å²) in [6.45, 7) is 6.22. The second-order valence-electron chi connectivity index (χ2n) is 19.9. The molecule has 0 N–H and O–H groups in total. The summed E-state index contributed by atoms with van der Waals surface area (Å²) in [7, 11) is 0. The number of unbranched alkanes of at least 4 members (excludes halogenated alkanes) is 14. The van der Waals surface area contributed by atoms with Crippen LogP contribution in [0.2, 0.25) is 0 Å². The van der Waals surface area contributed by atoms with Crippen LogP contribution in [0.4, 0.5) is 0 Å². The van der Waals surface area contributed by atoms with E-state index < -0.39 is 12.1 Å². The van der Waals surface area contributed by atoms with E-state index >= 15 is 0 Å². The maximum Gasteiger partial charge on any atom is 0.310 e. The zero-order valence-corrected chi connectivity index (χ0v) is 50.3. The van der Waals surface area contributed by atoms with Crippen LogP contribution in [0.25, 0.3) is 0 Å². The number of carbonyl (C=O) groups excluding carboxylic acids is 3. The van der Waals surface area contributed by atoms with Gasteiger partial charge in [0, 0.05) is 12.8 Å². The third-order valence-corrected chi connectivity index (χ3v) is 12.4. The van der Waals surface area contributed by atoms with Gasteiger partial charge in [-0.2, -0.15) is 0 Å². The lowest BCUT2D eigenvalue weighted by Gasteiger charge is -2.18. The summed E-state index contributed by atoms with van der Waals surface area (Å²) in [6.07, 6.45) is 97.8. The average Bonchev–Trinajstić information content (AvgIpc) is 3.45. The number of hydrogen-bond donors (Lipinski definition) is 0. The molecule has 79 heavy (non-hydrogen) atoms. The van der Waals surface area contributed by atoms with Gasteiger partial charge in [0.2, 0.25) is 0 Å². The minimum Gasteiger partial charge on any atom is -0.462 e. The fourth-order valence-corrected chi connectivity index (χ4v) is 7.81. The van der Waals surface area contributed by atoms with Crippen molar-refractivity contribution in [1.82, 2.24) is 0 Å². The smallest absolute Gasteiger partial charge is 0.310 e. The van der Waals surface area contributed by atoms with Crippen LogP contribution < -0.4 is 0 Å². The number of allylic oxidation sites excluding steroid dienone is 29. The third kappa shape index (κ3) is 63.2. The molecule has 0 radical (unpaired) electrons. The molecule has 0 heterocycles. The van der Waals surface area contributed by atoms with Crippen molar-refractivity contribution >= 4 is 17.9 Å². The highest BCUT2D eigenvalue weighted by atomic mass is 16.6. The van der Waals surface area contributed by atoms with Crippen molar-refractivity contribution < 1.29 is 28.6 Å². The van der Waals surface area contributed by atoms with Crippen molar-refractivity contribution in [2.45, 2.75) is 245 Å². The Morgan fingerprint density at radius 1 is 0.278 bits per heavy atom. The Balaban J connectivity index is 4.37. The van der Waals surface area contributed by atoms with Crippen LogP contribution in [0.3, 0.4) is 0 Å². The highest BCUT2D eigenvalue weighted by Crippen LogP contribution is 2.13. The molecule has 0 aliphatic carbocycles. The molecule has 0 amide bonds. The fourth-order valence-electron chi connectivity index (χ4n) is 7.81. The molecule has 0 aromatic rings. The molecule has 1 unspecified atom stereocenters. The van der Waals surface area contributed by atoms with E-state index in [4.69, 9.17) is 14.2 Å². The summed E-state index contributed by atoms with van der Waals surface area (Å²) in [5.41, 5.74) is 0. The summed E-state index contributed by atoms with van der Waals surface area (Å²) in [4.78, 5) is 38.1. The molecule has 0 aliphatic heterocycles. The van der Waals surface area contributed by atoms with Gasteiger partial charge in [-0.3, -0.25) is 14.4 Å². The van der Waals surface area contributed by atoms with E-state index in [-0.39, 0.29) is 31.6 Å². The lowest BCUT2D eigenvalue weighted by atomic mass is 10.1. The minimum absolute atomic E-state index is 0.0832. The predicted octanol–water partition coefficient (Wildman–Crippen LogP) is 21.7. The number of rotatable bonds is 54. The summed E-state index contributed by atoms with van der Waals surface area (Å²) in [5, 5.41) is 0. The predicted molar refractivity (Wildman–Crippen MR) is 343 cm³/mol. The third-order valence-electron chi connectivity index (χ3n) is 12.4. The highest BCUT2D eigenvalue weighted by Gasteiger charge is 2.19. The molecular weight excluding hydrogens is 973 g/mol. The van der Waals surface area contributed by atoms with E-state index in [9.17, 15) is 14.4 Å². The van der Waals surface area contributed by atoms with E-state index in [2.05, 4.69) is 191 Å². The molecule has 0 fully saturated rings. The molecule has 1 atom stereocenters. The molecule has 0 spiro atoms. The summed E-state index contributed by atoms with van der Waals surface area (Å²) < 4.78 is 16.7. The van der Waals surface area contributed by atoms with Gasteiger partial charge < -0.3 is 14.2 Å². The van der Waals surface area contributed by atoms with Crippen molar-refractivity contribution in [3.05, 3.63) is 182 Å². The van der Waals surface area contributed by atoms with Gasteiger partial charge in [-0.05, 0) is 135 Å². The number of esters is 3. The van der Waals surface area contributed by atoms with Gasteiger partial charge in [0.1, 0.15) is 13.2 Å². The first-order valence-corrected chi connectivity index (χ1v) is 31.3. The second-order valence-corrected chi connectivity index (χ2v) is 19.9. The quantitative estimate of drug-likeness (QED) is 0.0261. The molecule has 6 nitrogen and oxygen atoms in total. The summed E-state index contributed by atoms with van der Waals surface area (Å²) >= 11 is 0. The lowest BCUT2D eigenvalue weighted by Crippen LogP contribution is -2.30. The van der Waals surface area contributed by atoms with Gasteiger partial charge in [-0.15, -0.1) is 0 Å². The minimum atomic E-state index is -0.852. The van der Waals surface area contributed by atoms with Crippen LogP contribution in [-0.2, 0) is 28.6 Å². The summed E-state index contributed by atoms with van der Waals surface area (Å²) in [6, 6.07) is 0. The molecule has 0 rings (SSSR count). The van der Waals surface area contributed by atoms with Gasteiger partial charge in [0.25, 0.3) is 0 Å². The fraction of sp³-hybridized carbons (Fsp3) is 0.548. The Labute approximate surface area is 484 Å². The Bertz CT molecular complexity index is 1870. The van der Waals surface area contributed by atoms with Crippen molar-refractivity contribution in [1.29, 1.82) is 0 Å². The normalized spacial score (nSPS) is 13.4. The largest absolute Gasteiger partial charge is 0.462 e. The SMILES string of the molecule is CC/C=C\C/C=C\C/C=C\C/C=C\C/C=C\C/C=C\C/C=C\C/C=C\CCCCCCCCCCC(=O)OCC(COC(=O)CCCCCCC/C=C\C/C=C\CCC)OC(=O)C/C=C\C/C=C\C/C=C\C/C=C\C/C=C\CC. The first-order chi connectivity index (χ1) is 39.0. The Kier molecular flexibility index (Phi) is 60.5. The Morgan fingerprint density at radius 2 is 0.532 bits per heavy atom. The van der Waals surface area contributed by atoms with Crippen molar-refractivity contribution in [3.63, 3.8) is 0 Å². The molecule has 0 bridgehead atoms. The Morgan fingerprint density at radius 3 is 0.835 bits per heavy atom. The maximum absolute atomic E-state index is 12.8. The van der Waals surface area contributed by atoms with Crippen LogP contribution in [0, 0.1) is 0 Å². The van der Waals surface area contributed by atoms with Gasteiger partial charge in [0.15, 0.2) is 6.10 Å².